The molecule has 0 aliphatic heterocycles. The molecule has 24 heteroatoms. The highest BCUT2D eigenvalue weighted by Crippen LogP contribution is 2.31. The molecule has 0 bridgehead atoms. The van der Waals surface area contributed by atoms with Crippen molar-refractivity contribution >= 4 is 44.9 Å². The Morgan fingerprint density at radius 3 is 1.11 bits per heavy atom. The molecule has 0 radical (unpaired) electrons. The fraction of sp³-hybridized carbons (Fsp3) is 0.149. The van der Waals surface area contributed by atoms with Gasteiger partial charge in [0.15, 0.2) is 82.5 Å². The largest absolute Gasteiger partial charge is 0.459 e. The first kappa shape index (κ1) is 51.7. The van der Waals surface area contributed by atoms with E-state index in [-0.39, 0.29) is 12.1 Å². The second-order valence-electron chi connectivity index (χ2n) is 15.9. The third kappa shape index (κ3) is 8.67. The summed E-state index contributed by atoms with van der Waals surface area (Å²) in [6, 6.07) is 20.4. The topological polar surface area (TPSA) is 30.2 Å². The molecular weight excluding hydrogens is 1000 g/mol. The summed E-state index contributed by atoms with van der Waals surface area (Å²) in [5.41, 5.74) is -11.3. The Morgan fingerprint density at radius 2 is 0.746 bits per heavy atom. The van der Waals surface area contributed by atoms with E-state index in [1.807, 2.05) is 24.3 Å². The number of ether oxygens (including phenoxy) is 1. The quantitative estimate of drug-likeness (QED) is 0.0379. The zero-order chi connectivity index (χ0) is 52.1. The van der Waals surface area contributed by atoms with Gasteiger partial charge in [0, 0.05) is 23.1 Å². The highest BCUT2D eigenvalue weighted by atomic mass is 19.2. The van der Waals surface area contributed by atoms with Crippen LogP contribution in [0, 0.1) is 116 Å². The standard InChI is InChI=1S/C24BF20.C23H24NO2/c26-5-1(6(27)14(35)21(42)13(5)34)25(2-7(28)15(36)22(43)16(37)8(2)29,3-9(30)17(38)23(44)18(39)10(3)31)4-11(32)19(40)24(45)20(41)12(4)33;25-23(26-21-9-2-1-3-10-21)20-14-12-18(13-15-20)17-24-16-6-8-19-7-4-5-11-22(19)24/h;4-8,11-16,21H,1-3,9-10,17H2/q-1;+1. The maximum atomic E-state index is 15.4. The first-order valence-corrected chi connectivity index (χ1v) is 20.4. The molecule has 0 N–H and O–H groups in total. The monoisotopic (exact) mass is 1030 g/mol. The van der Waals surface area contributed by atoms with Crippen LogP contribution in [-0.2, 0) is 11.3 Å². The number of esters is 1. The normalized spacial score (nSPS) is 13.1. The molecule has 8 rings (SSSR count). The first-order valence-electron chi connectivity index (χ1n) is 20.4. The van der Waals surface area contributed by atoms with E-state index >= 15 is 35.1 Å². The maximum Gasteiger partial charge on any atom is 0.338 e. The molecule has 0 saturated heterocycles. The number of hydrogen-bond acceptors (Lipinski definition) is 2. The number of hydrogen-bond donors (Lipinski definition) is 0. The SMILES string of the molecule is Fc1c(F)c(F)c([B-](c2c(F)c(F)c(F)c(F)c2F)(c2c(F)c(F)c(F)c(F)c2F)c2c(F)c(F)c(F)c(F)c2F)c(F)c1F.O=C(OC1CCCCC1)c1ccc(C[n+]2cccc3ccccc32)cc1. The van der Waals surface area contributed by atoms with Gasteiger partial charge in [0.2, 0.25) is 5.52 Å². The summed E-state index contributed by atoms with van der Waals surface area (Å²) in [6.07, 6.45) is 0.566. The molecule has 0 atom stereocenters. The van der Waals surface area contributed by atoms with Crippen molar-refractivity contribution in [3.63, 3.8) is 0 Å². The Balaban J connectivity index is 0.000000240. The van der Waals surface area contributed by atoms with Gasteiger partial charge in [0.05, 0.1) is 5.56 Å². The van der Waals surface area contributed by atoms with Crippen molar-refractivity contribution in [3.05, 3.63) is 194 Å². The molecular formula is C47H24BF20NO2. The lowest BCUT2D eigenvalue weighted by Gasteiger charge is -2.44. The van der Waals surface area contributed by atoms with Crippen LogP contribution < -0.4 is 26.4 Å². The summed E-state index contributed by atoms with van der Waals surface area (Å²) in [7, 11) is 0. The van der Waals surface area contributed by atoms with Crippen molar-refractivity contribution in [3.8, 4) is 0 Å². The average Bonchev–Trinajstić information content (AvgIpc) is 3.37. The summed E-state index contributed by atoms with van der Waals surface area (Å²) >= 11 is 0. The number of halogens is 20. The Labute approximate surface area is 385 Å². The van der Waals surface area contributed by atoms with Crippen LogP contribution >= 0.6 is 0 Å². The van der Waals surface area contributed by atoms with Gasteiger partial charge >= 0.3 is 5.97 Å². The minimum atomic E-state index is -7.22. The van der Waals surface area contributed by atoms with Gasteiger partial charge in [-0.2, -0.15) is 4.57 Å². The van der Waals surface area contributed by atoms with Crippen LogP contribution in [0.3, 0.4) is 0 Å². The van der Waals surface area contributed by atoms with Gasteiger partial charge in [-0.05, 0) is 49.9 Å². The van der Waals surface area contributed by atoms with Gasteiger partial charge in [-0.25, -0.2) is 92.6 Å². The molecule has 3 nitrogen and oxygen atoms in total. The number of rotatable bonds is 8. The van der Waals surface area contributed by atoms with Crippen molar-refractivity contribution in [1.82, 2.24) is 0 Å². The highest BCUT2D eigenvalue weighted by molar-refractivity contribution is 7.20. The summed E-state index contributed by atoms with van der Waals surface area (Å²) in [5.74, 6) is -71.6. The van der Waals surface area contributed by atoms with E-state index in [2.05, 4.69) is 47.2 Å². The molecule has 1 aliphatic carbocycles. The van der Waals surface area contributed by atoms with Crippen molar-refractivity contribution in [2.75, 3.05) is 0 Å². The summed E-state index contributed by atoms with van der Waals surface area (Å²) in [6.45, 7) is 0.777. The lowest BCUT2D eigenvalue weighted by Crippen LogP contribution is -2.81. The molecule has 0 spiro atoms. The molecule has 7 aromatic rings. The van der Waals surface area contributed by atoms with Gasteiger partial charge in [-0.15, -0.1) is 21.9 Å². The predicted octanol–water partition coefficient (Wildman–Crippen LogP) is 10.5. The Bertz CT molecular complexity index is 2890. The second-order valence-corrected chi connectivity index (χ2v) is 15.9. The lowest BCUT2D eigenvalue weighted by molar-refractivity contribution is -0.662. The fourth-order valence-electron chi connectivity index (χ4n) is 8.58. The van der Waals surface area contributed by atoms with Gasteiger partial charge in [0.25, 0.3) is 0 Å². The Kier molecular flexibility index (Phi) is 14.5. The van der Waals surface area contributed by atoms with E-state index in [1.165, 1.54) is 35.7 Å². The van der Waals surface area contributed by atoms with Gasteiger partial charge in [-0.3, -0.25) is 0 Å². The number of para-hydroxylation sites is 1. The number of carbonyl (C=O) groups is 1. The zero-order valence-electron chi connectivity index (χ0n) is 35.1. The smallest absolute Gasteiger partial charge is 0.338 e. The third-order valence-corrected chi connectivity index (χ3v) is 11.9. The Hall–Kier alpha value is -7.14. The van der Waals surface area contributed by atoms with Crippen molar-refractivity contribution < 1.29 is 102 Å². The molecule has 0 amide bonds. The van der Waals surface area contributed by atoms with Gasteiger partial charge in [-0.1, -0.05) is 30.7 Å². The second kappa shape index (κ2) is 19.9. The molecule has 1 saturated carbocycles. The van der Waals surface area contributed by atoms with Crippen LogP contribution in [0.1, 0.15) is 48.0 Å². The predicted molar refractivity (Wildman–Crippen MR) is 211 cm³/mol. The number of carbonyl (C=O) groups excluding carboxylic acids is 1. The van der Waals surface area contributed by atoms with Crippen LogP contribution in [0.5, 0.6) is 0 Å². The minimum Gasteiger partial charge on any atom is -0.459 e. The number of pyridine rings is 1. The van der Waals surface area contributed by atoms with Crippen LogP contribution in [0.15, 0.2) is 66.9 Å². The maximum absolute atomic E-state index is 15.4. The van der Waals surface area contributed by atoms with E-state index < -0.39 is 144 Å². The number of benzene rings is 6. The Morgan fingerprint density at radius 1 is 0.423 bits per heavy atom. The van der Waals surface area contributed by atoms with Crippen molar-refractivity contribution in [2.24, 2.45) is 0 Å². The molecule has 1 aromatic heterocycles. The highest BCUT2D eigenvalue weighted by Gasteiger charge is 2.52. The molecule has 1 heterocycles. The van der Waals surface area contributed by atoms with Crippen LogP contribution in [0.25, 0.3) is 10.9 Å². The fourth-order valence-corrected chi connectivity index (χ4v) is 8.58. The van der Waals surface area contributed by atoms with Crippen LogP contribution in [0.2, 0.25) is 0 Å². The minimum absolute atomic E-state index is 0.0992. The van der Waals surface area contributed by atoms with Crippen LogP contribution in [0.4, 0.5) is 87.8 Å². The zero-order valence-corrected chi connectivity index (χ0v) is 35.1. The van der Waals surface area contributed by atoms with E-state index in [4.69, 9.17) is 4.74 Å². The summed E-state index contributed by atoms with van der Waals surface area (Å²) < 4.78 is 302. The van der Waals surface area contributed by atoms with E-state index in [1.54, 1.807) is 0 Å². The number of aromatic nitrogens is 1. The van der Waals surface area contributed by atoms with E-state index in [0.29, 0.717) is 5.56 Å². The molecule has 6 aromatic carbocycles. The van der Waals surface area contributed by atoms with Crippen molar-refractivity contribution in [2.45, 2.75) is 44.8 Å². The molecule has 1 aliphatic rings. The average molecular weight is 1030 g/mol. The molecule has 1 fully saturated rings. The van der Waals surface area contributed by atoms with Crippen LogP contribution in [-0.4, -0.2) is 18.2 Å². The van der Waals surface area contributed by atoms with Crippen molar-refractivity contribution in [1.29, 1.82) is 0 Å². The summed E-state index contributed by atoms with van der Waals surface area (Å²) in [4.78, 5) is 12.3. The third-order valence-electron chi connectivity index (χ3n) is 11.9. The van der Waals surface area contributed by atoms with E-state index in [9.17, 15) is 57.5 Å². The first-order chi connectivity index (χ1) is 33.5. The summed E-state index contributed by atoms with van der Waals surface area (Å²) in [5, 5.41) is 1.22. The van der Waals surface area contributed by atoms with Gasteiger partial charge in [0.1, 0.15) is 58.8 Å². The molecule has 0 unspecified atom stereocenters. The number of fused-ring (bicyclic) bond motifs is 1. The van der Waals surface area contributed by atoms with Gasteiger partial charge < -0.3 is 4.74 Å². The number of nitrogens with zero attached hydrogens (tertiary/aromatic N) is 1. The molecule has 71 heavy (non-hydrogen) atoms. The molecule has 372 valence electrons. The van der Waals surface area contributed by atoms with E-state index in [0.717, 1.165) is 19.4 Å². The lowest BCUT2D eigenvalue weighted by atomic mass is 9.12.